The summed E-state index contributed by atoms with van der Waals surface area (Å²) in [6, 6.07) is -0.537. The van der Waals surface area contributed by atoms with E-state index in [9.17, 15) is 5.11 Å². The minimum absolute atomic E-state index is 0.537. The summed E-state index contributed by atoms with van der Waals surface area (Å²) in [5.41, 5.74) is 5.52. The Kier molecular flexibility index (Phi) is 2.80. The summed E-state index contributed by atoms with van der Waals surface area (Å²) in [5, 5.41) is 9.30. The van der Waals surface area contributed by atoms with Crippen LogP contribution in [0.3, 0.4) is 0 Å². The van der Waals surface area contributed by atoms with Gasteiger partial charge in [-0.05, 0) is 0 Å². The van der Waals surface area contributed by atoms with Crippen molar-refractivity contribution in [1.29, 1.82) is 0 Å². The van der Waals surface area contributed by atoms with Crippen LogP contribution >= 0.6 is 0 Å². The Hall–Kier alpha value is -0.200. The Morgan fingerprint density at radius 3 is 2.09 bits per heavy atom. The Bertz CT molecular complexity index is 114. The van der Waals surface area contributed by atoms with Crippen LogP contribution < -0.4 is 5.73 Å². The third-order valence-electron chi connectivity index (χ3n) is 1.72. The molecule has 1 fully saturated rings. The lowest BCUT2D eigenvalue weighted by Crippen LogP contribution is -2.41. The van der Waals surface area contributed by atoms with Gasteiger partial charge in [-0.1, -0.05) is 0 Å². The molecule has 3 N–H and O–H groups in total. The summed E-state index contributed by atoms with van der Waals surface area (Å²) in [4.78, 5) is 0. The predicted octanol–water partition coefficient (Wildman–Crippen LogP) is -1.35. The first-order valence-electron chi connectivity index (χ1n) is 3.35. The molecule has 0 aromatic rings. The topological polar surface area (TPSA) is 73.9 Å². The largest absolute Gasteiger partial charge is 0.386 e. The standard InChI is InChI=1S/C6H13NO4/c1-9-5-3(7)4(8)6(10-2)11-5/h3-6,8H,7H2,1-2H3/t3-,4+,5-,6+/m1/s1. The van der Waals surface area contributed by atoms with Gasteiger partial charge in [0.2, 0.25) is 0 Å². The zero-order valence-electron chi connectivity index (χ0n) is 6.56. The van der Waals surface area contributed by atoms with Gasteiger partial charge in [0.15, 0.2) is 12.6 Å². The van der Waals surface area contributed by atoms with Gasteiger partial charge in [-0.25, -0.2) is 0 Å². The molecule has 0 spiro atoms. The number of hydrogen-bond acceptors (Lipinski definition) is 5. The SMILES string of the molecule is CO[C@@H]1O[C@H](OC)[C@@H](O)[C@H]1N. The van der Waals surface area contributed by atoms with Crippen LogP contribution in [-0.2, 0) is 14.2 Å². The first-order chi connectivity index (χ1) is 5.20. The van der Waals surface area contributed by atoms with Gasteiger partial charge in [-0.3, -0.25) is 0 Å². The molecule has 11 heavy (non-hydrogen) atoms. The monoisotopic (exact) mass is 163 g/mol. The lowest BCUT2D eigenvalue weighted by Gasteiger charge is -2.12. The van der Waals surface area contributed by atoms with Gasteiger partial charge in [-0.15, -0.1) is 0 Å². The van der Waals surface area contributed by atoms with Crippen LogP contribution in [0.15, 0.2) is 0 Å². The van der Waals surface area contributed by atoms with E-state index >= 15 is 0 Å². The van der Waals surface area contributed by atoms with E-state index in [-0.39, 0.29) is 0 Å². The van der Waals surface area contributed by atoms with E-state index in [4.69, 9.17) is 19.9 Å². The Balaban J connectivity index is 2.53. The normalized spacial score (nSPS) is 44.7. The molecule has 1 saturated heterocycles. The number of ether oxygens (including phenoxy) is 3. The van der Waals surface area contributed by atoms with Crippen LogP contribution in [0.4, 0.5) is 0 Å². The summed E-state index contributed by atoms with van der Waals surface area (Å²) in [6.45, 7) is 0. The van der Waals surface area contributed by atoms with Gasteiger partial charge in [-0.2, -0.15) is 0 Å². The van der Waals surface area contributed by atoms with E-state index in [1.807, 2.05) is 0 Å². The molecule has 0 aromatic heterocycles. The third kappa shape index (κ3) is 1.52. The number of rotatable bonds is 2. The minimum atomic E-state index is -0.815. The van der Waals surface area contributed by atoms with Gasteiger partial charge in [0.05, 0.1) is 6.04 Å². The molecular formula is C6H13NO4. The molecule has 1 heterocycles. The van der Waals surface area contributed by atoms with Crippen LogP contribution in [0.5, 0.6) is 0 Å². The van der Waals surface area contributed by atoms with Crippen molar-refractivity contribution in [2.24, 2.45) is 5.73 Å². The lowest BCUT2D eigenvalue weighted by atomic mass is 10.2. The molecule has 5 nitrogen and oxygen atoms in total. The molecule has 5 heteroatoms. The molecule has 1 rings (SSSR count). The van der Waals surface area contributed by atoms with Crippen molar-refractivity contribution >= 4 is 0 Å². The summed E-state index contributed by atoms with van der Waals surface area (Å²) < 4.78 is 14.7. The van der Waals surface area contributed by atoms with Crippen LogP contribution in [0.1, 0.15) is 0 Å². The Morgan fingerprint density at radius 2 is 1.82 bits per heavy atom. The highest BCUT2D eigenvalue weighted by Gasteiger charge is 2.41. The summed E-state index contributed by atoms with van der Waals surface area (Å²) in [6.07, 6.45) is -2.06. The van der Waals surface area contributed by atoms with Crippen molar-refractivity contribution in [3.05, 3.63) is 0 Å². The van der Waals surface area contributed by atoms with Crippen molar-refractivity contribution < 1.29 is 19.3 Å². The van der Waals surface area contributed by atoms with E-state index in [1.54, 1.807) is 0 Å². The highest BCUT2D eigenvalue weighted by atomic mass is 16.8. The number of aliphatic hydroxyl groups excluding tert-OH is 1. The fraction of sp³-hybridized carbons (Fsp3) is 1.00. The zero-order chi connectivity index (χ0) is 8.43. The molecule has 0 saturated carbocycles. The van der Waals surface area contributed by atoms with Gasteiger partial charge in [0.25, 0.3) is 0 Å². The molecular weight excluding hydrogens is 150 g/mol. The highest BCUT2D eigenvalue weighted by molar-refractivity contribution is 4.84. The molecule has 4 atom stereocenters. The second kappa shape index (κ2) is 3.46. The van der Waals surface area contributed by atoms with Crippen molar-refractivity contribution in [3.63, 3.8) is 0 Å². The predicted molar refractivity (Wildman–Crippen MR) is 36.7 cm³/mol. The summed E-state index contributed by atoms with van der Waals surface area (Å²) >= 11 is 0. The fourth-order valence-electron chi connectivity index (χ4n) is 1.05. The number of methoxy groups -OCH3 is 2. The van der Waals surface area contributed by atoms with Crippen molar-refractivity contribution in [2.75, 3.05) is 14.2 Å². The third-order valence-corrected chi connectivity index (χ3v) is 1.72. The number of aliphatic hydroxyl groups is 1. The van der Waals surface area contributed by atoms with Gasteiger partial charge in [0.1, 0.15) is 6.10 Å². The molecule has 1 aliphatic rings. The molecule has 0 radical (unpaired) electrons. The van der Waals surface area contributed by atoms with Crippen LogP contribution in [0.25, 0.3) is 0 Å². The first-order valence-corrected chi connectivity index (χ1v) is 3.35. The quantitative estimate of drug-likeness (QED) is 0.526. The highest BCUT2D eigenvalue weighted by Crippen LogP contribution is 2.19. The van der Waals surface area contributed by atoms with Crippen LogP contribution in [0, 0.1) is 0 Å². The molecule has 0 bridgehead atoms. The fourth-order valence-corrected chi connectivity index (χ4v) is 1.05. The van der Waals surface area contributed by atoms with E-state index in [2.05, 4.69) is 0 Å². The van der Waals surface area contributed by atoms with Crippen molar-refractivity contribution in [3.8, 4) is 0 Å². The van der Waals surface area contributed by atoms with Gasteiger partial charge in [0, 0.05) is 14.2 Å². The summed E-state index contributed by atoms with van der Waals surface area (Å²) in [7, 11) is 2.91. The lowest BCUT2D eigenvalue weighted by molar-refractivity contribution is -0.200. The molecule has 0 aliphatic carbocycles. The van der Waals surface area contributed by atoms with Crippen molar-refractivity contribution in [1.82, 2.24) is 0 Å². The molecule has 0 amide bonds. The second-order valence-corrected chi connectivity index (χ2v) is 2.41. The van der Waals surface area contributed by atoms with E-state index in [0.717, 1.165) is 0 Å². The average Bonchev–Trinajstić information content (AvgIpc) is 2.30. The van der Waals surface area contributed by atoms with E-state index in [1.165, 1.54) is 14.2 Å². The maximum Gasteiger partial charge on any atom is 0.187 e. The summed E-state index contributed by atoms with van der Waals surface area (Å²) in [5.74, 6) is 0. The molecule has 66 valence electrons. The Morgan fingerprint density at radius 1 is 1.27 bits per heavy atom. The minimum Gasteiger partial charge on any atom is -0.386 e. The van der Waals surface area contributed by atoms with Gasteiger partial charge >= 0.3 is 0 Å². The molecule has 0 unspecified atom stereocenters. The average molecular weight is 163 g/mol. The Labute approximate surface area is 65.0 Å². The maximum absolute atomic E-state index is 9.30. The van der Waals surface area contributed by atoms with E-state index in [0.29, 0.717) is 0 Å². The first kappa shape index (κ1) is 8.89. The van der Waals surface area contributed by atoms with Crippen LogP contribution in [-0.4, -0.2) is 44.1 Å². The molecule has 0 aromatic carbocycles. The number of nitrogens with two attached hydrogens (primary N) is 1. The number of hydrogen-bond donors (Lipinski definition) is 2. The van der Waals surface area contributed by atoms with Crippen molar-refractivity contribution in [2.45, 2.75) is 24.7 Å². The second-order valence-electron chi connectivity index (χ2n) is 2.41. The smallest absolute Gasteiger partial charge is 0.187 e. The molecule has 1 aliphatic heterocycles. The zero-order valence-corrected chi connectivity index (χ0v) is 6.56. The van der Waals surface area contributed by atoms with Crippen LogP contribution in [0.2, 0.25) is 0 Å². The van der Waals surface area contributed by atoms with E-state index < -0.39 is 24.7 Å². The van der Waals surface area contributed by atoms with Gasteiger partial charge < -0.3 is 25.1 Å². The maximum atomic E-state index is 9.30.